The molecule has 0 saturated carbocycles. The number of carbonyl (C=O) groups excluding carboxylic acids is 5. The van der Waals surface area contributed by atoms with E-state index < -0.39 is 70.8 Å². The van der Waals surface area contributed by atoms with E-state index in [1.54, 1.807) is 19.9 Å². The number of pyridine rings is 2. The number of fused-ring (bicyclic) bond motifs is 5. The van der Waals surface area contributed by atoms with Gasteiger partial charge in [0.2, 0.25) is 17.7 Å². The van der Waals surface area contributed by atoms with E-state index in [9.17, 15) is 39.0 Å². The summed E-state index contributed by atoms with van der Waals surface area (Å²) >= 11 is 0. The monoisotopic (exact) mass is 1220 g/mol. The Morgan fingerprint density at radius 2 is 1.49 bits per heavy atom. The molecule has 8 N–H and O–H groups in total. The lowest BCUT2D eigenvalue weighted by atomic mass is 9.81. The highest BCUT2D eigenvalue weighted by atomic mass is 19.1. The third-order valence-corrected chi connectivity index (χ3v) is 15.7. The van der Waals surface area contributed by atoms with E-state index in [1.165, 1.54) is 34.9 Å². The molecule has 5 atom stereocenters. The molecule has 0 saturated heterocycles. The van der Waals surface area contributed by atoms with Gasteiger partial charge in [-0.15, -0.1) is 0 Å². The van der Waals surface area contributed by atoms with Crippen molar-refractivity contribution in [2.45, 2.75) is 108 Å². The first kappa shape index (κ1) is 66.2. The summed E-state index contributed by atoms with van der Waals surface area (Å²) in [5.41, 5.74) is 16.3. The lowest BCUT2D eigenvalue weighted by molar-refractivity contribution is -0.172. The van der Waals surface area contributed by atoms with Crippen LogP contribution in [-0.4, -0.2) is 154 Å². The second kappa shape index (κ2) is 32.5. The Bertz CT molecular complexity index is 3370. The first-order valence-corrected chi connectivity index (χ1v) is 29.7. The number of rotatable bonds is 36. The van der Waals surface area contributed by atoms with Crippen molar-refractivity contribution in [1.29, 1.82) is 0 Å². The Kier molecular flexibility index (Phi) is 24.4. The zero-order valence-electron chi connectivity index (χ0n) is 49.5. The number of azide groups is 1. The molecule has 25 nitrogen and oxygen atoms in total. The number of cyclic esters (lactones) is 1. The molecule has 2 aliphatic heterocycles. The van der Waals surface area contributed by atoms with Gasteiger partial charge in [-0.3, -0.25) is 24.0 Å². The van der Waals surface area contributed by atoms with Crippen LogP contribution >= 0.6 is 0 Å². The number of hydrogen-bond donors (Lipinski definition) is 7. The molecule has 0 radical (unpaired) electrons. The van der Waals surface area contributed by atoms with E-state index in [4.69, 9.17) is 49.4 Å². The molecule has 3 aliphatic rings. The normalized spacial score (nSPS) is 16.5. The summed E-state index contributed by atoms with van der Waals surface area (Å²) in [6, 6.07) is 15.2. The summed E-state index contributed by atoms with van der Waals surface area (Å²) in [6.07, 6.45) is 0.336. The fourth-order valence-electron chi connectivity index (χ4n) is 11.0. The van der Waals surface area contributed by atoms with E-state index in [0.29, 0.717) is 142 Å². The number of ether oxygens (including phenoxy) is 7. The van der Waals surface area contributed by atoms with E-state index in [2.05, 4.69) is 31.3 Å². The highest BCUT2D eigenvalue weighted by molar-refractivity contribution is 5.99. The lowest BCUT2D eigenvalue weighted by Gasteiger charge is -2.31. The van der Waals surface area contributed by atoms with Crippen LogP contribution in [0.5, 0.6) is 0 Å². The smallest absolute Gasteiger partial charge is 0.343 e. The van der Waals surface area contributed by atoms with Crippen LogP contribution in [0.15, 0.2) is 76.6 Å². The first-order chi connectivity index (χ1) is 42.7. The number of aliphatic hydroxyl groups is 2. The van der Waals surface area contributed by atoms with Gasteiger partial charge in [0, 0.05) is 52.6 Å². The number of benzene rings is 3. The second-order valence-corrected chi connectivity index (χ2v) is 21.5. The molecule has 4 heterocycles. The van der Waals surface area contributed by atoms with Crippen molar-refractivity contribution in [2.24, 2.45) is 10.8 Å². The van der Waals surface area contributed by atoms with Gasteiger partial charge in [0.15, 0.2) is 11.7 Å². The number of aliphatic hydroxyl groups excluding tert-OH is 1. The number of esters is 1. The number of halogens is 1. The van der Waals surface area contributed by atoms with Gasteiger partial charge in [-0.2, -0.15) is 0 Å². The van der Waals surface area contributed by atoms with Gasteiger partial charge < -0.3 is 74.9 Å². The maximum Gasteiger partial charge on any atom is 0.343 e. The quantitative estimate of drug-likeness (QED) is 0.00939. The minimum atomic E-state index is -2.06. The number of anilines is 1. The first-order valence-electron chi connectivity index (χ1n) is 29.7. The molecule has 88 heavy (non-hydrogen) atoms. The minimum Gasteiger partial charge on any atom is -0.458 e. The third-order valence-electron chi connectivity index (χ3n) is 15.7. The second-order valence-electron chi connectivity index (χ2n) is 21.5. The number of nitrogens with zero attached hydrogens (tertiary/aromatic N) is 5. The molecule has 3 aromatic carbocycles. The average Bonchev–Trinajstić information content (AvgIpc) is 1.53. The lowest BCUT2D eigenvalue weighted by Crippen LogP contribution is -2.53. The van der Waals surface area contributed by atoms with E-state index in [0.717, 1.165) is 5.56 Å². The Labute approximate surface area is 507 Å². The number of amides is 4. The minimum absolute atomic E-state index is 0.0300. The molecule has 1 unspecified atom stereocenters. The fourth-order valence-corrected chi connectivity index (χ4v) is 11.0. The molecule has 26 heteroatoms. The van der Waals surface area contributed by atoms with Crippen LogP contribution in [0.4, 0.5) is 10.1 Å². The van der Waals surface area contributed by atoms with Gasteiger partial charge in [0.1, 0.15) is 24.5 Å². The number of nitrogens with one attached hydrogen (secondary N) is 4. The molecule has 0 spiro atoms. The summed E-state index contributed by atoms with van der Waals surface area (Å²) in [5.74, 6) is -3.66. The summed E-state index contributed by atoms with van der Waals surface area (Å²) in [5, 5.41) is 38.5. The summed E-state index contributed by atoms with van der Waals surface area (Å²) in [7, 11) is 0. The number of nitrogens with two attached hydrogens (primary N) is 1. The van der Waals surface area contributed by atoms with Gasteiger partial charge in [0.05, 0.1) is 114 Å². The van der Waals surface area contributed by atoms with Crippen molar-refractivity contribution < 1.29 is 71.7 Å². The highest BCUT2D eigenvalue weighted by Gasteiger charge is 2.46. The van der Waals surface area contributed by atoms with Crippen LogP contribution in [-0.2, 0) is 88.7 Å². The van der Waals surface area contributed by atoms with Gasteiger partial charge in [-0.1, -0.05) is 54.5 Å². The molecular weight excluding hydrogens is 1140 g/mol. The Morgan fingerprint density at radius 3 is 2.12 bits per heavy atom. The van der Waals surface area contributed by atoms with Crippen molar-refractivity contribution in [1.82, 2.24) is 25.5 Å². The van der Waals surface area contributed by atoms with Crippen molar-refractivity contribution in [3.05, 3.63) is 138 Å². The SMILES string of the molecule is CC[C@@]1(O)C(=O)OCc2c1cc1n(c2=O)Cc2c-1nc1cc(F)c(C)c3c1c2[C@@H](NC(=O)C(O)c1ccc(NC(=O)[C@H](CCCCN)NC(=O)[C@H](Cc2ccccc2)NC(=O)CCOCCOCCOCCOCCOCCOCCN=[N+]=[N-])cc1)CC3. The maximum atomic E-state index is 15.5. The van der Waals surface area contributed by atoms with E-state index >= 15 is 4.39 Å². The van der Waals surface area contributed by atoms with Crippen LogP contribution in [0, 0.1) is 12.7 Å². The molecule has 8 rings (SSSR count). The van der Waals surface area contributed by atoms with E-state index in [1.807, 2.05) is 30.3 Å². The van der Waals surface area contributed by atoms with Crippen molar-refractivity contribution in [2.75, 3.05) is 97.7 Å². The molecule has 2 aromatic heterocycles. The topological polar surface area (TPSA) is 348 Å². The summed E-state index contributed by atoms with van der Waals surface area (Å²) < 4.78 is 55.1. The van der Waals surface area contributed by atoms with Crippen LogP contribution in [0.1, 0.15) is 102 Å². The highest BCUT2D eigenvalue weighted by Crippen LogP contribution is 2.46. The molecule has 1 aliphatic carbocycles. The predicted octanol–water partition coefficient (Wildman–Crippen LogP) is 4.44. The number of hydrogen-bond acceptors (Lipinski definition) is 18. The average molecular weight is 1220 g/mol. The third kappa shape index (κ3) is 16.7. The van der Waals surface area contributed by atoms with Crippen LogP contribution in [0.2, 0.25) is 0 Å². The zero-order valence-corrected chi connectivity index (χ0v) is 49.5. The standard InChI is InChI=1S/C62H77FN10O15/c1-3-62(81)45-34-51-55-43(36-73(51)60(79)44(45)37-88-61(62)80)54-47(17-16-42-38(2)46(63)35-49(69-55)53(42)54)70-59(78)56(75)40-12-14-41(15-13-40)67-57(76)48(11-7-8-19-64)71-58(77)50(33-39-9-5-4-6-10-39)68-52(74)18-21-82-23-25-84-27-29-86-31-32-87-30-28-85-26-24-83-22-20-66-72-65/h4-6,9-10,12-15,34-35,47-48,50,56,75,81H,3,7-8,11,16-33,36-37,64H2,1-2H3,(H,67,76)(H,68,74)(H,70,78)(H,71,77)/t47-,48-,50-,56?,62-/m0/s1. The Balaban J connectivity index is 0.829. The molecule has 4 amide bonds. The number of aryl methyl sites for hydroxylation is 1. The molecule has 5 aromatic rings. The maximum absolute atomic E-state index is 15.5. The molecule has 0 fully saturated rings. The van der Waals surface area contributed by atoms with Crippen molar-refractivity contribution in [3.63, 3.8) is 0 Å². The molecule has 472 valence electrons. The number of carbonyl (C=O) groups is 5. The Hall–Kier alpha value is -7.75. The number of unbranched alkanes of at least 4 members (excludes halogenated alkanes) is 1. The van der Waals surface area contributed by atoms with Gasteiger partial charge in [0.25, 0.3) is 11.5 Å². The predicted molar refractivity (Wildman–Crippen MR) is 319 cm³/mol. The largest absolute Gasteiger partial charge is 0.458 e. The zero-order chi connectivity index (χ0) is 62.6. The van der Waals surface area contributed by atoms with E-state index in [-0.39, 0.29) is 81.9 Å². The molecule has 0 bridgehead atoms. The summed E-state index contributed by atoms with van der Waals surface area (Å²) in [4.78, 5) is 90.0. The summed E-state index contributed by atoms with van der Waals surface area (Å²) in [6.45, 7) is 7.60. The van der Waals surface area contributed by atoms with Crippen LogP contribution < -0.4 is 32.6 Å². The van der Waals surface area contributed by atoms with Crippen LogP contribution in [0.3, 0.4) is 0 Å². The van der Waals surface area contributed by atoms with Crippen LogP contribution in [0.25, 0.3) is 32.7 Å². The molecular formula is C62H77FN10O15. The van der Waals surface area contributed by atoms with Gasteiger partial charge in [-0.25, -0.2) is 14.2 Å². The fraction of sp³-hybridized carbons (Fsp3) is 0.500. The number of aromatic nitrogens is 2. The Morgan fingerprint density at radius 1 is 0.841 bits per heavy atom. The van der Waals surface area contributed by atoms with Crippen molar-refractivity contribution >= 4 is 46.2 Å². The van der Waals surface area contributed by atoms with Gasteiger partial charge in [-0.05, 0) is 104 Å². The van der Waals surface area contributed by atoms with Crippen molar-refractivity contribution in [3.8, 4) is 11.4 Å². The van der Waals surface area contributed by atoms with Gasteiger partial charge >= 0.3 is 5.97 Å².